The third-order valence-electron chi connectivity index (χ3n) is 3.97. The summed E-state index contributed by atoms with van der Waals surface area (Å²) in [5.41, 5.74) is 0. The zero-order valence-corrected chi connectivity index (χ0v) is 12.0. The lowest BCUT2D eigenvalue weighted by molar-refractivity contribution is -0.376. The maximum Gasteiger partial charge on any atom is 0.189 e. The average Bonchev–Trinajstić information content (AvgIpc) is 2.55. The first-order chi connectivity index (χ1) is 10.8. The first-order valence-corrected chi connectivity index (χ1v) is 7.08. The van der Waals surface area contributed by atoms with Crippen LogP contribution in [0.1, 0.15) is 0 Å². The molecule has 0 saturated carbocycles. The Labute approximate surface area is 130 Å². The van der Waals surface area contributed by atoms with Crippen molar-refractivity contribution in [3.05, 3.63) is 0 Å². The van der Waals surface area contributed by atoms with E-state index in [0.29, 0.717) is 0 Å². The van der Waals surface area contributed by atoms with Gasteiger partial charge in [0, 0.05) is 0 Å². The third kappa shape index (κ3) is 3.65. The highest BCUT2D eigenvalue weighted by atomic mass is 16.8. The van der Waals surface area contributed by atoms with Crippen LogP contribution in [0.3, 0.4) is 0 Å². The van der Waals surface area contributed by atoms with E-state index in [-0.39, 0.29) is 0 Å². The molecule has 2 rings (SSSR count). The van der Waals surface area contributed by atoms with Gasteiger partial charge in [0.15, 0.2) is 12.6 Å². The van der Waals surface area contributed by atoms with Crippen LogP contribution in [0.2, 0.25) is 0 Å². The molecule has 0 spiro atoms. The Balaban J connectivity index is 2.07. The van der Waals surface area contributed by atoms with E-state index in [9.17, 15) is 30.6 Å². The Bertz CT molecular complexity index is 344. The molecule has 8 N–H and O–H groups in total. The monoisotopic (exact) mass is 342 g/mol. The van der Waals surface area contributed by atoms with E-state index in [1.807, 2.05) is 0 Å². The molecule has 2 fully saturated rings. The average molecular weight is 342 g/mol. The van der Waals surface area contributed by atoms with E-state index in [1.54, 1.807) is 0 Å². The first-order valence-electron chi connectivity index (χ1n) is 7.08. The molecule has 2 aliphatic rings. The summed E-state index contributed by atoms with van der Waals surface area (Å²) in [7, 11) is 0. The zero-order chi connectivity index (χ0) is 17.3. The van der Waals surface area contributed by atoms with E-state index in [0.717, 1.165) is 0 Å². The number of hydrogen-bond donors (Lipinski definition) is 8. The summed E-state index contributed by atoms with van der Waals surface area (Å²) >= 11 is 0. The van der Waals surface area contributed by atoms with Crippen LogP contribution in [0.25, 0.3) is 0 Å². The summed E-state index contributed by atoms with van der Waals surface area (Å²) in [6.07, 6.45) is -15.6. The summed E-state index contributed by atoms with van der Waals surface area (Å²) in [6.45, 7) is -1.33. The second kappa shape index (κ2) is 7.63. The number of rotatable bonds is 4. The van der Waals surface area contributed by atoms with Crippen molar-refractivity contribution in [2.75, 3.05) is 13.2 Å². The first kappa shape index (κ1) is 18.9. The molecule has 10 atom stereocenters. The number of ether oxygens (including phenoxy) is 3. The number of aliphatic hydroxyl groups is 8. The SMILES string of the molecule is OC[C@H]1O[C@H](O[C@H]2O[C@H](CO)[C@@H](O)[C@H](O)[C@H]2O)[C@@H](O)[C@@H](O)[C@@H]1O. The minimum absolute atomic E-state index is 0.667. The molecule has 2 aliphatic heterocycles. The van der Waals surface area contributed by atoms with Crippen molar-refractivity contribution >= 4 is 0 Å². The van der Waals surface area contributed by atoms with Gasteiger partial charge >= 0.3 is 0 Å². The molecule has 0 aromatic heterocycles. The zero-order valence-electron chi connectivity index (χ0n) is 12.0. The van der Waals surface area contributed by atoms with Crippen LogP contribution in [0.15, 0.2) is 0 Å². The van der Waals surface area contributed by atoms with Gasteiger partial charge in [-0.15, -0.1) is 0 Å². The maximum atomic E-state index is 9.84. The van der Waals surface area contributed by atoms with Crippen LogP contribution in [-0.4, -0.2) is 115 Å². The standard InChI is InChI=1S/C12H22O11/c13-1-3-5(15)7(17)9(19)11(21-3)23-12-10(20)8(18)6(16)4(2-14)22-12/h3-20H,1-2H2/t3-,4-,5-,6-,7+,8+,9-,10+,11-,12-/m1/s1. The Morgan fingerprint density at radius 1 is 0.565 bits per heavy atom. The van der Waals surface area contributed by atoms with Gasteiger partial charge in [-0.3, -0.25) is 0 Å². The van der Waals surface area contributed by atoms with Crippen molar-refractivity contribution in [1.29, 1.82) is 0 Å². The van der Waals surface area contributed by atoms with Gasteiger partial charge < -0.3 is 55.1 Å². The molecule has 2 saturated heterocycles. The molecule has 11 nitrogen and oxygen atoms in total. The fraction of sp³-hybridized carbons (Fsp3) is 1.00. The van der Waals surface area contributed by atoms with Gasteiger partial charge in [-0.2, -0.15) is 0 Å². The van der Waals surface area contributed by atoms with Crippen LogP contribution < -0.4 is 0 Å². The van der Waals surface area contributed by atoms with Gasteiger partial charge in [-0.05, 0) is 0 Å². The summed E-state index contributed by atoms with van der Waals surface area (Å²) in [5.74, 6) is 0. The fourth-order valence-corrected chi connectivity index (χ4v) is 2.49. The van der Waals surface area contributed by atoms with E-state index >= 15 is 0 Å². The Kier molecular flexibility index (Phi) is 6.27. The molecule has 0 amide bonds. The Hall–Kier alpha value is -0.440. The summed E-state index contributed by atoms with van der Waals surface area (Å²) in [6, 6.07) is 0. The summed E-state index contributed by atoms with van der Waals surface area (Å²) in [5, 5.41) is 76.4. The molecule has 0 unspecified atom stereocenters. The smallest absolute Gasteiger partial charge is 0.189 e. The number of hydrogen-bond acceptors (Lipinski definition) is 11. The van der Waals surface area contributed by atoms with Crippen molar-refractivity contribution in [2.24, 2.45) is 0 Å². The van der Waals surface area contributed by atoms with Crippen LogP contribution in [0, 0.1) is 0 Å². The Morgan fingerprint density at radius 2 is 0.913 bits per heavy atom. The predicted octanol–water partition coefficient (Wildman–Crippen LogP) is -5.40. The van der Waals surface area contributed by atoms with Crippen LogP contribution in [0.5, 0.6) is 0 Å². The van der Waals surface area contributed by atoms with Crippen LogP contribution >= 0.6 is 0 Å². The van der Waals surface area contributed by atoms with Crippen LogP contribution in [-0.2, 0) is 14.2 Å². The van der Waals surface area contributed by atoms with Crippen molar-refractivity contribution in [3.63, 3.8) is 0 Å². The van der Waals surface area contributed by atoms with Gasteiger partial charge in [0.2, 0.25) is 0 Å². The highest BCUT2D eigenvalue weighted by Crippen LogP contribution is 2.27. The summed E-state index contributed by atoms with van der Waals surface area (Å²) < 4.78 is 15.3. The molecule has 0 bridgehead atoms. The normalized spacial score (nSPS) is 51.7. The molecule has 0 radical (unpaired) electrons. The second-order valence-corrected chi connectivity index (χ2v) is 5.53. The second-order valence-electron chi connectivity index (χ2n) is 5.53. The molecule has 11 heteroatoms. The van der Waals surface area contributed by atoms with Gasteiger partial charge in [-0.1, -0.05) is 0 Å². The molecule has 136 valence electrons. The summed E-state index contributed by atoms with van der Waals surface area (Å²) in [4.78, 5) is 0. The molecular weight excluding hydrogens is 320 g/mol. The highest BCUT2D eigenvalue weighted by molar-refractivity contribution is 4.92. The van der Waals surface area contributed by atoms with E-state index in [1.165, 1.54) is 0 Å². The fourth-order valence-electron chi connectivity index (χ4n) is 2.49. The quantitative estimate of drug-likeness (QED) is 0.243. The Morgan fingerprint density at radius 3 is 1.22 bits per heavy atom. The minimum atomic E-state index is -1.72. The van der Waals surface area contributed by atoms with Gasteiger partial charge in [0.1, 0.15) is 48.8 Å². The molecular formula is C12H22O11. The van der Waals surface area contributed by atoms with Crippen molar-refractivity contribution in [2.45, 2.75) is 61.4 Å². The molecule has 2 heterocycles. The predicted molar refractivity (Wildman–Crippen MR) is 68.6 cm³/mol. The van der Waals surface area contributed by atoms with Crippen molar-refractivity contribution in [1.82, 2.24) is 0 Å². The molecule has 0 aliphatic carbocycles. The van der Waals surface area contributed by atoms with E-state index < -0.39 is 74.6 Å². The third-order valence-corrected chi connectivity index (χ3v) is 3.97. The highest BCUT2D eigenvalue weighted by Gasteiger charge is 2.49. The van der Waals surface area contributed by atoms with Gasteiger partial charge in [0.25, 0.3) is 0 Å². The van der Waals surface area contributed by atoms with E-state index in [2.05, 4.69) is 0 Å². The van der Waals surface area contributed by atoms with Crippen LogP contribution in [0.4, 0.5) is 0 Å². The molecule has 0 aromatic rings. The van der Waals surface area contributed by atoms with Gasteiger partial charge in [-0.25, -0.2) is 0 Å². The number of aliphatic hydroxyl groups excluding tert-OH is 8. The van der Waals surface area contributed by atoms with Crippen molar-refractivity contribution < 1.29 is 55.1 Å². The lowest BCUT2D eigenvalue weighted by Crippen LogP contribution is -2.63. The maximum absolute atomic E-state index is 9.84. The van der Waals surface area contributed by atoms with Crippen molar-refractivity contribution in [3.8, 4) is 0 Å². The lowest BCUT2D eigenvalue weighted by atomic mass is 9.98. The van der Waals surface area contributed by atoms with Gasteiger partial charge in [0.05, 0.1) is 13.2 Å². The molecule has 0 aromatic carbocycles. The lowest BCUT2D eigenvalue weighted by Gasteiger charge is -2.44. The molecule has 23 heavy (non-hydrogen) atoms. The minimum Gasteiger partial charge on any atom is -0.394 e. The topological polar surface area (TPSA) is 190 Å². The largest absolute Gasteiger partial charge is 0.394 e. The van der Waals surface area contributed by atoms with E-state index in [4.69, 9.17) is 24.4 Å².